The number of carbonyl (C=O) groups is 2. The summed E-state index contributed by atoms with van der Waals surface area (Å²) in [5.41, 5.74) is 2.44. The van der Waals surface area contributed by atoms with Gasteiger partial charge in [0, 0.05) is 39.1 Å². The van der Waals surface area contributed by atoms with Gasteiger partial charge in [0.1, 0.15) is 19.3 Å². The fourth-order valence-electron chi connectivity index (χ4n) is 4.01. The van der Waals surface area contributed by atoms with E-state index in [4.69, 9.17) is 9.47 Å². The van der Waals surface area contributed by atoms with Gasteiger partial charge < -0.3 is 19.7 Å². The molecule has 3 heterocycles. The van der Waals surface area contributed by atoms with Crippen LogP contribution in [0, 0.1) is 6.92 Å². The lowest BCUT2D eigenvalue weighted by molar-refractivity contribution is -0.134. The Morgan fingerprint density at radius 2 is 1.93 bits per heavy atom. The van der Waals surface area contributed by atoms with Crippen molar-refractivity contribution < 1.29 is 19.1 Å². The second kappa shape index (κ2) is 7.76. The number of ether oxygens (including phenoxy) is 2. The minimum Gasteiger partial charge on any atom is -0.486 e. The molecular weight excluding hydrogens is 346 g/mol. The van der Waals surface area contributed by atoms with Gasteiger partial charge in [-0.1, -0.05) is 0 Å². The van der Waals surface area contributed by atoms with Crippen molar-refractivity contribution in [2.75, 3.05) is 39.4 Å². The van der Waals surface area contributed by atoms with Crippen molar-refractivity contribution in [3.05, 3.63) is 23.3 Å². The molecule has 3 aliphatic heterocycles. The molecule has 0 bridgehead atoms. The van der Waals surface area contributed by atoms with Gasteiger partial charge in [0.25, 0.3) is 0 Å². The second-order valence-electron chi connectivity index (χ2n) is 7.54. The Kier molecular flexibility index (Phi) is 5.20. The molecule has 0 aromatic heterocycles. The van der Waals surface area contributed by atoms with Crippen molar-refractivity contribution in [1.82, 2.24) is 15.1 Å². The Bertz CT molecular complexity index is 736. The molecule has 146 valence electrons. The van der Waals surface area contributed by atoms with Crippen LogP contribution in [0.2, 0.25) is 0 Å². The summed E-state index contributed by atoms with van der Waals surface area (Å²) in [6.07, 6.45) is 2.02. The fourth-order valence-corrected chi connectivity index (χ4v) is 4.01. The summed E-state index contributed by atoms with van der Waals surface area (Å²) in [6, 6.07) is 3.82. The molecule has 0 saturated carbocycles. The standard InChI is InChI=1S/C20H27N3O4/c1-14-11-17-18(27-10-9-26-17)12-15(14)13-22-5-2-6-23(8-7-22)20(25)16-3-4-19(24)21-16/h11-12,16H,2-10,13H2,1H3,(H,21,24). The van der Waals surface area contributed by atoms with Crippen molar-refractivity contribution in [3.8, 4) is 11.5 Å². The van der Waals surface area contributed by atoms with Gasteiger partial charge in [0.15, 0.2) is 11.5 Å². The smallest absolute Gasteiger partial charge is 0.245 e. The number of rotatable bonds is 3. The number of fused-ring (bicyclic) bond motifs is 1. The highest BCUT2D eigenvalue weighted by Crippen LogP contribution is 2.33. The van der Waals surface area contributed by atoms with Gasteiger partial charge in [-0.2, -0.15) is 0 Å². The molecule has 0 spiro atoms. The van der Waals surface area contributed by atoms with Crippen molar-refractivity contribution in [2.24, 2.45) is 0 Å². The molecule has 1 aromatic rings. The van der Waals surface area contributed by atoms with Crippen LogP contribution in [0.25, 0.3) is 0 Å². The van der Waals surface area contributed by atoms with Crippen LogP contribution in [0.15, 0.2) is 12.1 Å². The van der Waals surface area contributed by atoms with Gasteiger partial charge >= 0.3 is 0 Å². The summed E-state index contributed by atoms with van der Waals surface area (Å²) in [6.45, 7) is 7.37. The number of nitrogens with zero attached hydrogens (tertiary/aromatic N) is 2. The summed E-state index contributed by atoms with van der Waals surface area (Å²) in [5.74, 6) is 1.70. The maximum absolute atomic E-state index is 12.6. The van der Waals surface area contributed by atoms with Crippen molar-refractivity contribution in [1.29, 1.82) is 0 Å². The fraction of sp³-hybridized carbons (Fsp3) is 0.600. The van der Waals surface area contributed by atoms with Crippen LogP contribution < -0.4 is 14.8 Å². The number of benzene rings is 1. The molecule has 2 saturated heterocycles. The number of nitrogens with one attached hydrogen (secondary N) is 1. The average Bonchev–Trinajstić information content (AvgIpc) is 2.96. The average molecular weight is 373 g/mol. The molecule has 2 fully saturated rings. The van der Waals surface area contributed by atoms with Gasteiger partial charge in [-0.05, 0) is 43.0 Å². The number of aryl methyl sites for hydroxylation is 1. The highest BCUT2D eigenvalue weighted by Gasteiger charge is 2.31. The lowest BCUT2D eigenvalue weighted by Gasteiger charge is -2.25. The SMILES string of the molecule is Cc1cc2c(cc1CN1CCCN(C(=O)C3CCC(=O)N3)CC1)OCCO2. The van der Waals surface area contributed by atoms with E-state index >= 15 is 0 Å². The van der Waals surface area contributed by atoms with Gasteiger partial charge in [0.05, 0.1) is 0 Å². The predicted octanol–water partition coefficient (Wildman–Crippen LogP) is 1.08. The lowest BCUT2D eigenvalue weighted by atomic mass is 10.1. The van der Waals surface area contributed by atoms with E-state index in [2.05, 4.69) is 29.3 Å². The molecule has 27 heavy (non-hydrogen) atoms. The highest BCUT2D eigenvalue weighted by atomic mass is 16.6. The first-order chi connectivity index (χ1) is 13.1. The largest absolute Gasteiger partial charge is 0.486 e. The normalized spacial score (nSPS) is 23.1. The molecule has 1 unspecified atom stereocenters. The maximum atomic E-state index is 12.6. The first kappa shape index (κ1) is 18.1. The van der Waals surface area contributed by atoms with Crippen LogP contribution in [0.4, 0.5) is 0 Å². The minimum absolute atomic E-state index is 0.0149. The third kappa shape index (κ3) is 4.03. The number of hydrogen-bond donors (Lipinski definition) is 1. The van der Waals surface area contributed by atoms with Crippen molar-refractivity contribution in [3.63, 3.8) is 0 Å². The summed E-state index contributed by atoms with van der Waals surface area (Å²) >= 11 is 0. The molecule has 1 atom stereocenters. The molecular formula is C20H27N3O4. The van der Waals surface area contributed by atoms with Crippen molar-refractivity contribution >= 4 is 11.8 Å². The first-order valence-corrected chi connectivity index (χ1v) is 9.80. The maximum Gasteiger partial charge on any atom is 0.245 e. The Balaban J connectivity index is 1.37. The monoisotopic (exact) mass is 373 g/mol. The van der Waals surface area contributed by atoms with Crippen LogP contribution in [-0.4, -0.2) is 67.0 Å². The van der Waals surface area contributed by atoms with Crippen LogP contribution in [0.5, 0.6) is 11.5 Å². The molecule has 0 aliphatic carbocycles. The van der Waals surface area contributed by atoms with E-state index < -0.39 is 0 Å². The summed E-state index contributed by atoms with van der Waals surface area (Å²) < 4.78 is 11.4. The second-order valence-corrected chi connectivity index (χ2v) is 7.54. The molecule has 1 aromatic carbocycles. The number of amides is 2. The van der Waals surface area contributed by atoms with Crippen LogP contribution in [-0.2, 0) is 16.1 Å². The number of hydrogen-bond acceptors (Lipinski definition) is 5. The van der Waals surface area contributed by atoms with E-state index in [0.717, 1.165) is 44.1 Å². The number of carbonyl (C=O) groups excluding carboxylic acids is 2. The zero-order valence-electron chi connectivity index (χ0n) is 15.8. The molecule has 3 aliphatic rings. The van der Waals surface area contributed by atoms with Gasteiger partial charge in [-0.15, -0.1) is 0 Å². The Labute approximate surface area is 159 Å². The van der Waals surface area contributed by atoms with Crippen LogP contribution in [0.3, 0.4) is 0 Å². The highest BCUT2D eigenvalue weighted by molar-refractivity contribution is 5.90. The van der Waals surface area contributed by atoms with E-state index in [9.17, 15) is 9.59 Å². The third-order valence-corrected chi connectivity index (χ3v) is 5.59. The van der Waals surface area contributed by atoms with E-state index in [1.165, 1.54) is 11.1 Å². The van der Waals surface area contributed by atoms with Crippen molar-refractivity contribution in [2.45, 2.75) is 38.8 Å². The summed E-state index contributed by atoms with van der Waals surface area (Å²) in [5, 5.41) is 2.79. The first-order valence-electron chi connectivity index (χ1n) is 9.80. The topological polar surface area (TPSA) is 71.1 Å². The summed E-state index contributed by atoms with van der Waals surface area (Å²) in [7, 11) is 0. The predicted molar refractivity (Wildman–Crippen MR) is 99.8 cm³/mol. The summed E-state index contributed by atoms with van der Waals surface area (Å²) in [4.78, 5) is 28.3. The molecule has 1 N–H and O–H groups in total. The Morgan fingerprint density at radius 1 is 1.15 bits per heavy atom. The zero-order valence-corrected chi connectivity index (χ0v) is 15.8. The lowest BCUT2D eigenvalue weighted by Crippen LogP contribution is -2.45. The minimum atomic E-state index is -0.330. The Morgan fingerprint density at radius 3 is 2.67 bits per heavy atom. The Hall–Kier alpha value is -2.28. The zero-order chi connectivity index (χ0) is 18.8. The van der Waals surface area contributed by atoms with E-state index in [1.54, 1.807) is 0 Å². The van der Waals surface area contributed by atoms with Crippen LogP contribution >= 0.6 is 0 Å². The molecule has 2 amide bonds. The molecule has 7 nitrogen and oxygen atoms in total. The molecule has 0 radical (unpaired) electrons. The molecule has 7 heteroatoms. The molecule has 4 rings (SSSR count). The van der Waals surface area contributed by atoms with E-state index in [-0.39, 0.29) is 17.9 Å². The van der Waals surface area contributed by atoms with E-state index in [1.807, 2.05) is 4.90 Å². The van der Waals surface area contributed by atoms with Crippen LogP contribution in [0.1, 0.15) is 30.4 Å². The van der Waals surface area contributed by atoms with Gasteiger partial charge in [-0.25, -0.2) is 0 Å². The third-order valence-electron chi connectivity index (χ3n) is 5.59. The van der Waals surface area contributed by atoms with Gasteiger partial charge in [-0.3, -0.25) is 14.5 Å². The van der Waals surface area contributed by atoms with E-state index in [0.29, 0.717) is 32.6 Å². The van der Waals surface area contributed by atoms with Gasteiger partial charge in [0.2, 0.25) is 11.8 Å². The quantitative estimate of drug-likeness (QED) is 0.859.